The molecule has 0 unspecified atom stereocenters. The van der Waals surface area contributed by atoms with Gasteiger partial charge in [-0.05, 0) is 12.1 Å². The largest absolute Gasteiger partial charge is 0.409 e. The predicted molar refractivity (Wildman–Crippen MR) is 50.6 cm³/mol. The Morgan fingerprint density at radius 3 is 2.67 bits per heavy atom. The summed E-state index contributed by atoms with van der Waals surface area (Å²) < 4.78 is 0. The van der Waals surface area contributed by atoms with Crippen LogP contribution in [0.4, 0.5) is 0 Å². The van der Waals surface area contributed by atoms with Crippen LogP contribution >= 0.6 is 11.8 Å². The molecule has 0 fully saturated rings. The number of thioether (sulfide) groups is 1. The Bertz CT molecular complexity index is 261. The van der Waals surface area contributed by atoms with Gasteiger partial charge >= 0.3 is 0 Å². The molecule has 0 saturated carbocycles. The molecule has 0 aliphatic carbocycles. The molecule has 0 heterocycles. The Kier molecular flexibility index (Phi) is 3.47. The summed E-state index contributed by atoms with van der Waals surface area (Å²) in [5.74, 6) is 0.754. The maximum absolute atomic E-state index is 8.26. The third-order valence-corrected chi connectivity index (χ3v) is 2.30. The zero-order valence-electron chi connectivity index (χ0n) is 6.47. The second-order valence-electron chi connectivity index (χ2n) is 2.19. The van der Waals surface area contributed by atoms with Gasteiger partial charge in [-0.25, -0.2) is 0 Å². The van der Waals surface area contributed by atoms with Crippen molar-refractivity contribution in [3.63, 3.8) is 0 Å². The number of oxime groups is 1. The van der Waals surface area contributed by atoms with Crippen LogP contribution < -0.4 is 5.73 Å². The number of rotatable bonds is 3. The Hall–Kier alpha value is -1.16. The Labute approximate surface area is 75.3 Å². The molecular formula is C8H10N2OS. The molecule has 0 aliphatic heterocycles. The van der Waals surface area contributed by atoms with Crippen molar-refractivity contribution in [3.05, 3.63) is 30.3 Å². The summed E-state index contributed by atoms with van der Waals surface area (Å²) >= 11 is 1.54. The number of nitrogens with two attached hydrogens (primary N) is 1. The predicted octanol–water partition coefficient (Wildman–Crippen LogP) is 1.53. The van der Waals surface area contributed by atoms with E-state index < -0.39 is 0 Å². The monoisotopic (exact) mass is 182 g/mol. The van der Waals surface area contributed by atoms with Crippen LogP contribution in [0.1, 0.15) is 0 Å². The van der Waals surface area contributed by atoms with Crippen LogP contribution in [-0.2, 0) is 0 Å². The molecule has 0 amide bonds. The van der Waals surface area contributed by atoms with Crippen molar-refractivity contribution in [2.24, 2.45) is 10.9 Å². The molecule has 0 spiro atoms. The smallest absolute Gasteiger partial charge is 0.149 e. The highest BCUT2D eigenvalue weighted by molar-refractivity contribution is 8.00. The molecule has 12 heavy (non-hydrogen) atoms. The van der Waals surface area contributed by atoms with Gasteiger partial charge in [-0.1, -0.05) is 23.4 Å². The number of amidine groups is 1. The standard InChI is InChI=1S/C8H10N2OS/c9-8(10-11)6-12-7-4-2-1-3-5-7/h1-5,11H,6H2,(H2,9,10). The zero-order chi connectivity index (χ0) is 8.81. The summed E-state index contributed by atoms with van der Waals surface area (Å²) in [6.07, 6.45) is 0. The van der Waals surface area contributed by atoms with E-state index in [4.69, 9.17) is 10.9 Å². The van der Waals surface area contributed by atoms with Gasteiger partial charge < -0.3 is 10.9 Å². The van der Waals surface area contributed by atoms with E-state index in [-0.39, 0.29) is 5.84 Å². The highest BCUT2D eigenvalue weighted by Gasteiger charge is 1.94. The van der Waals surface area contributed by atoms with Crippen molar-refractivity contribution >= 4 is 17.6 Å². The second kappa shape index (κ2) is 4.66. The summed E-state index contributed by atoms with van der Waals surface area (Å²) in [7, 11) is 0. The van der Waals surface area contributed by atoms with E-state index in [0.29, 0.717) is 5.75 Å². The molecular weight excluding hydrogens is 172 g/mol. The van der Waals surface area contributed by atoms with Crippen molar-refractivity contribution in [1.82, 2.24) is 0 Å². The molecule has 3 N–H and O–H groups in total. The zero-order valence-corrected chi connectivity index (χ0v) is 7.29. The van der Waals surface area contributed by atoms with Crippen LogP contribution in [0.3, 0.4) is 0 Å². The molecule has 0 radical (unpaired) electrons. The fourth-order valence-electron chi connectivity index (χ4n) is 0.703. The molecule has 1 aromatic carbocycles. The van der Waals surface area contributed by atoms with Crippen LogP contribution in [0.15, 0.2) is 40.4 Å². The fourth-order valence-corrected chi connectivity index (χ4v) is 1.42. The van der Waals surface area contributed by atoms with Crippen LogP contribution in [0.5, 0.6) is 0 Å². The van der Waals surface area contributed by atoms with Gasteiger partial charge in [0.1, 0.15) is 5.84 Å². The molecule has 0 aliphatic rings. The summed E-state index contributed by atoms with van der Waals surface area (Å²) in [4.78, 5) is 1.11. The SMILES string of the molecule is N/C(CSc1ccccc1)=N/O. The molecule has 0 aromatic heterocycles. The Morgan fingerprint density at radius 1 is 1.42 bits per heavy atom. The maximum atomic E-state index is 8.26. The van der Waals surface area contributed by atoms with Gasteiger partial charge in [-0.15, -0.1) is 11.8 Å². The summed E-state index contributed by atoms with van der Waals surface area (Å²) in [6.45, 7) is 0. The van der Waals surface area contributed by atoms with Crippen molar-refractivity contribution in [3.8, 4) is 0 Å². The number of hydrogen-bond acceptors (Lipinski definition) is 3. The highest BCUT2D eigenvalue weighted by atomic mass is 32.2. The fraction of sp³-hybridized carbons (Fsp3) is 0.125. The van der Waals surface area contributed by atoms with Crippen LogP contribution in [0.2, 0.25) is 0 Å². The average Bonchev–Trinajstić information content (AvgIpc) is 2.16. The number of nitrogens with zero attached hydrogens (tertiary/aromatic N) is 1. The maximum Gasteiger partial charge on any atom is 0.149 e. The van der Waals surface area contributed by atoms with E-state index in [0.717, 1.165) is 4.90 Å². The van der Waals surface area contributed by atoms with Crippen LogP contribution in [0.25, 0.3) is 0 Å². The second-order valence-corrected chi connectivity index (χ2v) is 3.24. The molecule has 64 valence electrons. The van der Waals surface area contributed by atoms with Crippen LogP contribution in [0, 0.1) is 0 Å². The van der Waals surface area contributed by atoms with Gasteiger partial charge in [-0.2, -0.15) is 0 Å². The van der Waals surface area contributed by atoms with Gasteiger partial charge in [0.15, 0.2) is 0 Å². The van der Waals surface area contributed by atoms with Crippen molar-refractivity contribution in [2.45, 2.75) is 4.90 Å². The van der Waals surface area contributed by atoms with Gasteiger partial charge in [0.25, 0.3) is 0 Å². The van der Waals surface area contributed by atoms with Crippen molar-refractivity contribution in [1.29, 1.82) is 0 Å². The molecule has 0 bridgehead atoms. The summed E-state index contributed by atoms with van der Waals surface area (Å²) in [6, 6.07) is 9.82. The van der Waals surface area contributed by atoms with Gasteiger partial charge in [0.05, 0.1) is 5.75 Å². The molecule has 1 rings (SSSR count). The summed E-state index contributed by atoms with van der Waals surface area (Å²) in [5.41, 5.74) is 5.30. The van der Waals surface area contributed by atoms with Crippen molar-refractivity contribution in [2.75, 3.05) is 5.75 Å². The highest BCUT2D eigenvalue weighted by Crippen LogP contribution is 2.15. The first-order valence-corrected chi connectivity index (χ1v) is 4.45. The topological polar surface area (TPSA) is 58.6 Å². The lowest BCUT2D eigenvalue weighted by Crippen LogP contribution is -2.13. The molecule has 0 saturated heterocycles. The Morgan fingerprint density at radius 2 is 2.08 bits per heavy atom. The minimum atomic E-state index is 0.240. The lowest BCUT2D eigenvalue weighted by molar-refractivity contribution is 0.318. The van der Waals surface area contributed by atoms with Gasteiger partial charge in [0.2, 0.25) is 0 Å². The van der Waals surface area contributed by atoms with Gasteiger partial charge in [-0.3, -0.25) is 0 Å². The quantitative estimate of drug-likeness (QED) is 0.245. The van der Waals surface area contributed by atoms with E-state index >= 15 is 0 Å². The van der Waals surface area contributed by atoms with E-state index in [2.05, 4.69) is 5.16 Å². The Balaban J connectivity index is 2.44. The van der Waals surface area contributed by atoms with Gasteiger partial charge in [0, 0.05) is 4.90 Å². The first-order valence-electron chi connectivity index (χ1n) is 3.47. The van der Waals surface area contributed by atoms with Crippen molar-refractivity contribution < 1.29 is 5.21 Å². The normalized spacial score (nSPS) is 11.5. The molecule has 0 atom stereocenters. The minimum Gasteiger partial charge on any atom is -0.409 e. The first kappa shape index (κ1) is 8.93. The third kappa shape index (κ3) is 2.84. The number of hydrogen-bond donors (Lipinski definition) is 2. The summed E-state index contributed by atoms with van der Waals surface area (Å²) in [5, 5.41) is 11.1. The van der Waals surface area contributed by atoms with E-state index in [1.165, 1.54) is 11.8 Å². The van der Waals surface area contributed by atoms with E-state index in [1.54, 1.807) is 0 Å². The van der Waals surface area contributed by atoms with E-state index in [9.17, 15) is 0 Å². The minimum absolute atomic E-state index is 0.240. The average molecular weight is 182 g/mol. The lowest BCUT2D eigenvalue weighted by Gasteiger charge is -1.98. The first-order chi connectivity index (χ1) is 5.83. The number of benzene rings is 1. The molecule has 4 heteroatoms. The van der Waals surface area contributed by atoms with Crippen LogP contribution in [-0.4, -0.2) is 16.8 Å². The lowest BCUT2D eigenvalue weighted by atomic mass is 10.4. The molecule has 1 aromatic rings. The third-order valence-electron chi connectivity index (χ3n) is 1.26. The molecule has 3 nitrogen and oxygen atoms in total. The van der Waals surface area contributed by atoms with E-state index in [1.807, 2.05) is 30.3 Å².